The van der Waals surface area contributed by atoms with Crippen molar-refractivity contribution >= 4 is 11.8 Å². The van der Waals surface area contributed by atoms with Crippen LogP contribution in [0.1, 0.15) is 96.8 Å². The zero-order valence-electron chi connectivity index (χ0n) is 18.2. The molecule has 0 heterocycles. The van der Waals surface area contributed by atoms with Gasteiger partial charge in [-0.05, 0) is 45.4 Å². The van der Waals surface area contributed by atoms with E-state index in [1.54, 1.807) is 6.92 Å². The Morgan fingerprint density at radius 3 is 2.14 bits per heavy atom. The summed E-state index contributed by atoms with van der Waals surface area (Å²) >= 11 is 0. The molecule has 0 aliphatic carbocycles. The molecule has 0 aromatic carbocycles. The van der Waals surface area contributed by atoms with Gasteiger partial charge in [0.05, 0.1) is 12.7 Å². The van der Waals surface area contributed by atoms with E-state index in [2.05, 4.69) is 12.2 Å². The average Bonchev–Trinajstić information content (AvgIpc) is 2.69. The van der Waals surface area contributed by atoms with Crippen molar-refractivity contribution in [3.8, 4) is 0 Å². The van der Waals surface area contributed by atoms with Crippen LogP contribution in [0.5, 0.6) is 0 Å². The Balaban J connectivity index is 3.38. The van der Waals surface area contributed by atoms with Gasteiger partial charge in [0, 0.05) is 12.8 Å². The molecular weight excluding hydrogens is 372 g/mol. The number of ketones is 1. The van der Waals surface area contributed by atoms with Gasteiger partial charge in [-0.25, -0.2) is 0 Å². The van der Waals surface area contributed by atoms with Crippen LogP contribution in [-0.2, 0) is 14.3 Å². The summed E-state index contributed by atoms with van der Waals surface area (Å²) in [6.45, 7) is 1.09. The molecule has 0 saturated carbocycles. The lowest BCUT2D eigenvalue weighted by Crippen LogP contribution is -2.21. The number of Topliss-reactive ketones (excluding diaryl/α,β-unsaturated/α-hetero) is 1. The number of esters is 1. The lowest BCUT2D eigenvalue weighted by molar-refractivity contribution is -0.147. The molecule has 0 rings (SSSR count). The highest BCUT2D eigenvalue weighted by Crippen LogP contribution is 2.11. The molecule has 3 N–H and O–H groups in total. The fourth-order valence-electron chi connectivity index (χ4n) is 2.97. The predicted octanol–water partition coefficient (Wildman–Crippen LogP) is 3.85. The first kappa shape index (κ1) is 27.8. The first-order valence-electron chi connectivity index (χ1n) is 11.2. The highest BCUT2D eigenvalue weighted by molar-refractivity contribution is 5.75. The van der Waals surface area contributed by atoms with Crippen LogP contribution in [0.25, 0.3) is 0 Å². The van der Waals surface area contributed by atoms with E-state index < -0.39 is 12.7 Å². The van der Waals surface area contributed by atoms with Crippen molar-refractivity contribution in [2.75, 3.05) is 13.2 Å². The monoisotopic (exact) mass is 414 g/mol. The summed E-state index contributed by atoms with van der Waals surface area (Å²) in [5.41, 5.74) is 0. The number of aliphatic hydroxyl groups excluding tert-OH is 3. The highest BCUT2D eigenvalue weighted by Gasteiger charge is 2.07. The van der Waals surface area contributed by atoms with E-state index in [1.807, 2.05) is 0 Å². The Labute approximate surface area is 176 Å². The van der Waals surface area contributed by atoms with Crippen molar-refractivity contribution in [1.82, 2.24) is 0 Å². The highest BCUT2D eigenvalue weighted by atomic mass is 16.5. The minimum atomic E-state index is -0.989. The summed E-state index contributed by atoms with van der Waals surface area (Å²) in [6, 6.07) is 0. The number of carbonyl (C=O) groups excluding carboxylic acids is 2. The maximum absolute atomic E-state index is 11.4. The fourth-order valence-corrected chi connectivity index (χ4v) is 2.97. The normalized spacial score (nSPS) is 13.5. The number of aliphatic hydroxyl groups is 3. The second kappa shape index (κ2) is 20.0. The molecule has 0 spiro atoms. The summed E-state index contributed by atoms with van der Waals surface area (Å²) in [7, 11) is 0. The maximum atomic E-state index is 11.4. The zero-order chi connectivity index (χ0) is 21.7. The summed E-state index contributed by atoms with van der Waals surface area (Å²) < 4.78 is 4.85. The lowest BCUT2D eigenvalue weighted by Gasteiger charge is -2.08. The lowest BCUT2D eigenvalue weighted by atomic mass is 10.0. The second-order valence-electron chi connectivity index (χ2n) is 7.84. The third kappa shape index (κ3) is 21.3. The number of hydrogen-bond donors (Lipinski definition) is 3. The number of unbranched alkanes of at least 4 members (excludes halogenated alkanes) is 8. The molecule has 0 bridgehead atoms. The molecule has 6 nitrogen and oxygen atoms in total. The van der Waals surface area contributed by atoms with Crippen LogP contribution in [0.15, 0.2) is 12.2 Å². The van der Waals surface area contributed by atoms with E-state index in [0.29, 0.717) is 19.3 Å². The Morgan fingerprint density at radius 2 is 1.45 bits per heavy atom. The average molecular weight is 415 g/mol. The van der Waals surface area contributed by atoms with Gasteiger partial charge < -0.3 is 24.9 Å². The van der Waals surface area contributed by atoms with Gasteiger partial charge in [-0.2, -0.15) is 0 Å². The Kier molecular flexibility index (Phi) is 19.2. The summed E-state index contributed by atoms with van der Waals surface area (Å²) in [4.78, 5) is 22.2. The molecule has 0 aromatic heterocycles. The van der Waals surface area contributed by atoms with Gasteiger partial charge in [-0.15, -0.1) is 0 Å². The van der Waals surface area contributed by atoms with Gasteiger partial charge in [0.1, 0.15) is 18.5 Å². The first-order chi connectivity index (χ1) is 14.0. The predicted molar refractivity (Wildman–Crippen MR) is 115 cm³/mol. The Morgan fingerprint density at radius 1 is 0.828 bits per heavy atom. The van der Waals surface area contributed by atoms with Crippen LogP contribution in [0.2, 0.25) is 0 Å². The fraction of sp³-hybridized carbons (Fsp3) is 0.826. The number of ether oxygens (including phenoxy) is 1. The largest absolute Gasteiger partial charge is 0.463 e. The third-order valence-corrected chi connectivity index (χ3v) is 4.79. The first-order valence-corrected chi connectivity index (χ1v) is 11.2. The van der Waals surface area contributed by atoms with E-state index in [4.69, 9.17) is 14.9 Å². The van der Waals surface area contributed by atoms with Gasteiger partial charge in [-0.1, -0.05) is 50.7 Å². The van der Waals surface area contributed by atoms with Crippen molar-refractivity contribution in [2.24, 2.45) is 0 Å². The summed E-state index contributed by atoms with van der Waals surface area (Å²) in [6.07, 6.45) is 15.7. The van der Waals surface area contributed by atoms with Crippen LogP contribution in [0.4, 0.5) is 0 Å². The quantitative estimate of drug-likeness (QED) is 0.159. The zero-order valence-corrected chi connectivity index (χ0v) is 18.2. The molecule has 0 amide bonds. The van der Waals surface area contributed by atoms with E-state index in [0.717, 1.165) is 70.6 Å². The molecule has 0 saturated heterocycles. The van der Waals surface area contributed by atoms with Gasteiger partial charge in [0.25, 0.3) is 0 Å². The molecule has 170 valence electrons. The van der Waals surface area contributed by atoms with Crippen molar-refractivity contribution in [2.45, 2.75) is 109 Å². The Hall–Kier alpha value is -1.24. The summed E-state index contributed by atoms with van der Waals surface area (Å²) in [5.74, 6) is -0.0678. The van der Waals surface area contributed by atoms with Crippen molar-refractivity contribution in [1.29, 1.82) is 0 Å². The summed E-state index contributed by atoms with van der Waals surface area (Å²) in [5, 5.41) is 27.7. The van der Waals surface area contributed by atoms with Crippen molar-refractivity contribution in [3.63, 3.8) is 0 Å². The molecule has 6 heteroatoms. The minimum Gasteiger partial charge on any atom is -0.463 e. The van der Waals surface area contributed by atoms with Crippen molar-refractivity contribution in [3.05, 3.63) is 12.2 Å². The molecule has 0 radical (unpaired) electrons. The van der Waals surface area contributed by atoms with Gasteiger partial charge in [-0.3, -0.25) is 4.79 Å². The molecule has 1 unspecified atom stereocenters. The molecule has 0 aliphatic heterocycles. The van der Waals surface area contributed by atoms with Gasteiger partial charge >= 0.3 is 5.97 Å². The van der Waals surface area contributed by atoms with E-state index in [9.17, 15) is 14.7 Å². The van der Waals surface area contributed by atoms with E-state index >= 15 is 0 Å². The van der Waals surface area contributed by atoms with Crippen molar-refractivity contribution < 1.29 is 29.6 Å². The molecular formula is C23H42O6. The minimum absolute atomic E-state index is 0.141. The molecule has 0 aliphatic rings. The van der Waals surface area contributed by atoms with Gasteiger partial charge in [0.15, 0.2) is 0 Å². The van der Waals surface area contributed by atoms with Crippen LogP contribution in [-0.4, -0.2) is 52.5 Å². The number of allylic oxidation sites excluding steroid dienone is 1. The molecule has 2 atom stereocenters. The topological polar surface area (TPSA) is 104 Å². The van der Waals surface area contributed by atoms with Crippen LogP contribution in [0.3, 0.4) is 0 Å². The van der Waals surface area contributed by atoms with Crippen LogP contribution >= 0.6 is 0 Å². The number of hydrogen-bond acceptors (Lipinski definition) is 6. The maximum Gasteiger partial charge on any atom is 0.305 e. The molecule has 29 heavy (non-hydrogen) atoms. The SMILES string of the molecule is CC(=O)CCCCCC[C@@H](O)C/C=C\CCCCCCCC(=O)OCC(O)CO. The van der Waals surface area contributed by atoms with E-state index in [-0.39, 0.29) is 24.5 Å². The van der Waals surface area contributed by atoms with Crippen LogP contribution < -0.4 is 0 Å². The molecule has 0 aromatic rings. The van der Waals surface area contributed by atoms with Gasteiger partial charge in [0.2, 0.25) is 0 Å². The number of carbonyl (C=O) groups is 2. The number of rotatable bonds is 20. The third-order valence-electron chi connectivity index (χ3n) is 4.79. The van der Waals surface area contributed by atoms with Crippen LogP contribution in [0, 0.1) is 0 Å². The Bertz CT molecular complexity index is 435. The second-order valence-corrected chi connectivity index (χ2v) is 7.84. The van der Waals surface area contributed by atoms with E-state index in [1.165, 1.54) is 0 Å². The smallest absolute Gasteiger partial charge is 0.305 e. The molecule has 0 fully saturated rings. The standard InChI is InChI=1S/C23H42O6/c1-20(25)14-10-8-9-12-16-21(26)15-11-6-4-2-3-5-7-13-17-23(28)29-19-22(27)18-24/h6,11,21-22,24,26-27H,2-5,7-10,12-19H2,1H3/b11-6-/t21-,22?/m0/s1.